The fraction of sp³-hybridized carbons (Fsp3) is 0.389. The first-order chi connectivity index (χ1) is 13.7. The average Bonchev–Trinajstić information content (AvgIpc) is 2.69. The maximum Gasteiger partial charge on any atom is 0.334 e. The number of β-lactam (4-membered cyclic amide) rings is 1. The number of rotatable bonds is 5. The Hall–Kier alpha value is -1.70. The Kier molecular flexibility index (Phi) is 6.81. The molecule has 1 aromatic rings. The standard InChI is InChI=1S/C18H15Cl3N2O5S/c19-18(20,21)9-28-17(27)14-11(7-24)8-29-16-13(15(26)23(14)16)22-12(25)6-10-4-2-1-3-5-10/h1-5,13-14,16H,6,8-9H2,(H,22,25)/t13?,14?,16-/m0/s1. The molecule has 0 aliphatic carbocycles. The number of amides is 2. The number of ether oxygens (including phenoxy) is 1. The highest BCUT2D eigenvalue weighted by Crippen LogP contribution is 2.40. The Bertz CT molecular complexity index is 870. The van der Waals surface area contributed by atoms with Crippen molar-refractivity contribution in [1.29, 1.82) is 0 Å². The van der Waals surface area contributed by atoms with Gasteiger partial charge in [-0.3, -0.25) is 9.59 Å². The fourth-order valence-corrected chi connectivity index (χ4v) is 4.56. The zero-order chi connectivity index (χ0) is 21.2. The summed E-state index contributed by atoms with van der Waals surface area (Å²) in [5, 5.41) is 2.18. The molecule has 7 nitrogen and oxygen atoms in total. The van der Waals surface area contributed by atoms with E-state index in [1.54, 1.807) is 5.94 Å². The predicted molar refractivity (Wildman–Crippen MR) is 109 cm³/mol. The summed E-state index contributed by atoms with van der Waals surface area (Å²) < 4.78 is 3.13. The van der Waals surface area contributed by atoms with Crippen LogP contribution in [0.4, 0.5) is 0 Å². The average molecular weight is 478 g/mol. The predicted octanol–water partition coefficient (Wildman–Crippen LogP) is 1.67. The molecule has 1 N–H and O–H groups in total. The zero-order valence-corrected chi connectivity index (χ0v) is 17.9. The second-order valence-corrected chi connectivity index (χ2v) is 10.0. The van der Waals surface area contributed by atoms with Gasteiger partial charge in [-0.1, -0.05) is 65.1 Å². The van der Waals surface area contributed by atoms with Crippen LogP contribution in [0.5, 0.6) is 0 Å². The van der Waals surface area contributed by atoms with Gasteiger partial charge in [-0.05, 0) is 5.56 Å². The number of benzene rings is 1. The molecule has 2 heterocycles. The second kappa shape index (κ2) is 8.98. The monoisotopic (exact) mass is 476 g/mol. The molecule has 3 rings (SSSR count). The van der Waals surface area contributed by atoms with E-state index in [1.165, 1.54) is 16.7 Å². The first-order valence-corrected chi connectivity index (χ1v) is 10.6. The van der Waals surface area contributed by atoms with Crippen molar-refractivity contribution < 1.29 is 23.9 Å². The number of carbonyl (C=O) groups is 3. The lowest BCUT2D eigenvalue weighted by Gasteiger charge is -2.52. The normalized spacial score (nSPS) is 23.6. The highest BCUT2D eigenvalue weighted by atomic mass is 35.6. The molecule has 0 aromatic heterocycles. The highest BCUT2D eigenvalue weighted by Gasteiger charge is 2.57. The van der Waals surface area contributed by atoms with Crippen LogP contribution in [-0.2, 0) is 30.3 Å². The van der Waals surface area contributed by atoms with Gasteiger partial charge >= 0.3 is 5.97 Å². The van der Waals surface area contributed by atoms with E-state index in [0.717, 1.165) is 5.56 Å². The van der Waals surface area contributed by atoms with Gasteiger partial charge in [0.1, 0.15) is 24.0 Å². The number of thioether (sulfide) groups is 1. The number of carbonyl (C=O) groups excluding carboxylic acids is 4. The minimum Gasteiger partial charge on any atom is -0.459 e. The van der Waals surface area contributed by atoms with Crippen LogP contribution in [0.25, 0.3) is 0 Å². The SMILES string of the molecule is O=C=C1CS[C@H]2C(NC(=O)Cc3ccccc3)C(=O)N2C1C(=O)OCC(Cl)(Cl)Cl. The number of alkyl halides is 3. The van der Waals surface area contributed by atoms with Gasteiger partial charge in [0.05, 0.1) is 12.0 Å². The number of esters is 1. The molecule has 0 spiro atoms. The number of nitrogens with zero attached hydrogens (tertiary/aromatic N) is 1. The molecule has 2 aliphatic heterocycles. The molecule has 0 radical (unpaired) electrons. The second-order valence-electron chi connectivity index (χ2n) is 6.41. The quantitative estimate of drug-likeness (QED) is 0.300. The molecule has 1 aromatic carbocycles. The van der Waals surface area contributed by atoms with Gasteiger partial charge in [-0.2, -0.15) is 0 Å². The lowest BCUT2D eigenvalue weighted by molar-refractivity contribution is -0.163. The maximum absolute atomic E-state index is 12.6. The molecular formula is C18H15Cl3N2O5S. The zero-order valence-electron chi connectivity index (χ0n) is 14.8. The van der Waals surface area contributed by atoms with Gasteiger partial charge in [0.25, 0.3) is 0 Å². The van der Waals surface area contributed by atoms with E-state index in [0.29, 0.717) is 0 Å². The molecule has 11 heteroatoms. The molecule has 29 heavy (non-hydrogen) atoms. The van der Waals surface area contributed by atoms with Crippen LogP contribution in [0.15, 0.2) is 35.9 Å². The largest absolute Gasteiger partial charge is 0.459 e. The summed E-state index contributed by atoms with van der Waals surface area (Å²) in [6, 6.07) is 7.04. The summed E-state index contributed by atoms with van der Waals surface area (Å²) in [5.74, 6) is 0.156. The summed E-state index contributed by atoms with van der Waals surface area (Å²) >= 11 is 18.0. The number of nitrogens with one attached hydrogen (secondary N) is 1. The van der Waals surface area contributed by atoms with E-state index in [-0.39, 0.29) is 23.7 Å². The molecule has 2 unspecified atom stereocenters. The summed E-state index contributed by atoms with van der Waals surface area (Å²) in [6.07, 6.45) is 0.121. The van der Waals surface area contributed by atoms with Gasteiger partial charge in [-0.25, -0.2) is 9.59 Å². The van der Waals surface area contributed by atoms with E-state index in [9.17, 15) is 19.2 Å². The highest BCUT2D eigenvalue weighted by molar-refractivity contribution is 8.00. The minimum atomic E-state index is -1.82. The van der Waals surface area contributed by atoms with Crippen molar-refractivity contribution in [2.75, 3.05) is 12.4 Å². The van der Waals surface area contributed by atoms with Crippen LogP contribution in [-0.4, -0.2) is 62.2 Å². The molecular weight excluding hydrogens is 463 g/mol. The van der Waals surface area contributed by atoms with Crippen molar-refractivity contribution in [2.45, 2.75) is 27.7 Å². The van der Waals surface area contributed by atoms with Gasteiger partial charge < -0.3 is 15.0 Å². The lowest BCUT2D eigenvalue weighted by atomic mass is 9.98. The summed E-state index contributed by atoms with van der Waals surface area (Å²) in [5.41, 5.74) is 0.868. The summed E-state index contributed by atoms with van der Waals surface area (Å²) in [4.78, 5) is 49.8. The van der Waals surface area contributed by atoms with Crippen molar-refractivity contribution in [3.63, 3.8) is 0 Å². The number of hydrogen-bond donors (Lipinski definition) is 1. The fourth-order valence-electron chi connectivity index (χ4n) is 3.07. The number of halogens is 3. The molecule has 2 aliphatic rings. The number of hydrogen-bond acceptors (Lipinski definition) is 6. The van der Waals surface area contributed by atoms with Crippen LogP contribution < -0.4 is 5.32 Å². The van der Waals surface area contributed by atoms with Gasteiger partial charge in [0.2, 0.25) is 15.6 Å². The molecule has 2 fully saturated rings. The van der Waals surface area contributed by atoms with Crippen molar-refractivity contribution >= 4 is 70.3 Å². The Balaban J connectivity index is 1.67. The third-order valence-corrected chi connectivity index (χ3v) is 6.00. The van der Waals surface area contributed by atoms with Crippen molar-refractivity contribution in [3.8, 4) is 0 Å². The Morgan fingerprint density at radius 3 is 2.59 bits per heavy atom. The van der Waals surface area contributed by atoms with Gasteiger partial charge in [-0.15, -0.1) is 11.8 Å². The minimum absolute atomic E-state index is 0.0583. The topological polar surface area (TPSA) is 92.8 Å². The maximum atomic E-state index is 12.6. The first kappa shape index (κ1) is 22.0. The van der Waals surface area contributed by atoms with E-state index in [2.05, 4.69) is 5.32 Å². The van der Waals surface area contributed by atoms with Crippen LogP contribution >= 0.6 is 46.6 Å². The van der Waals surface area contributed by atoms with Crippen LogP contribution in [0.1, 0.15) is 5.56 Å². The summed E-state index contributed by atoms with van der Waals surface area (Å²) in [6.45, 7) is -0.532. The van der Waals surface area contributed by atoms with Crippen molar-refractivity contribution in [3.05, 3.63) is 41.5 Å². The van der Waals surface area contributed by atoms with E-state index < -0.39 is 39.7 Å². The number of fused-ring (bicyclic) bond motifs is 1. The third kappa shape index (κ3) is 5.08. The van der Waals surface area contributed by atoms with Crippen molar-refractivity contribution in [1.82, 2.24) is 10.2 Å². The van der Waals surface area contributed by atoms with Gasteiger partial charge in [0, 0.05) is 5.75 Å². The summed E-state index contributed by atoms with van der Waals surface area (Å²) in [7, 11) is 0. The smallest absolute Gasteiger partial charge is 0.334 e. The molecule has 154 valence electrons. The third-order valence-electron chi connectivity index (χ3n) is 4.35. The molecule has 2 amide bonds. The molecule has 2 saturated heterocycles. The van der Waals surface area contributed by atoms with Gasteiger partial charge in [0.15, 0.2) is 6.04 Å². The Morgan fingerprint density at radius 2 is 1.97 bits per heavy atom. The molecule has 0 bridgehead atoms. The van der Waals surface area contributed by atoms with E-state index in [4.69, 9.17) is 39.5 Å². The Labute approximate surface area is 185 Å². The van der Waals surface area contributed by atoms with Crippen LogP contribution in [0.2, 0.25) is 0 Å². The Morgan fingerprint density at radius 1 is 1.28 bits per heavy atom. The van der Waals surface area contributed by atoms with Crippen molar-refractivity contribution in [2.24, 2.45) is 0 Å². The van der Waals surface area contributed by atoms with Crippen LogP contribution in [0.3, 0.4) is 0 Å². The van der Waals surface area contributed by atoms with E-state index >= 15 is 0 Å². The first-order valence-electron chi connectivity index (χ1n) is 8.45. The molecule has 0 saturated carbocycles. The molecule has 3 atom stereocenters. The van der Waals surface area contributed by atoms with Crippen LogP contribution in [0, 0.1) is 0 Å². The van der Waals surface area contributed by atoms with E-state index in [1.807, 2.05) is 30.3 Å². The lowest BCUT2D eigenvalue weighted by Crippen LogP contribution is -2.75.